The Hall–Kier alpha value is -2.92. The molecule has 25 heavy (non-hydrogen) atoms. The van der Waals surface area contributed by atoms with Gasteiger partial charge in [-0.3, -0.25) is 4.79 Å². The number of phenols is 1. The molecule has 0 aromatic heterocycles. The van der Waals surface area contributed by atoms with Gasteiger partial charge < -0.3 is 5.11 Å². The number of phenolic OH excluding ortho intramolecular Hbond substituents is 1. The van der Waals surface area contributed by atoms with E-state index < -0.39 is 0 Å². The number of hydrogen-bond donors (Lipinski definition) is 2. The van der Waals surface area contributed by atoms with Crippen molar-refractivity contribution in [2.45, 2.75) is 0 Å². The number of hydrogen-bond acceptors (Lipinski definition) is 3. The topological polar surface area (TPSA) is 61.7 Å². The third-order valence-corrected chi connectivity index (χ3v) is 4.13. The van der Waals surface area contributed by atoms with E-state index in [9.17, 15) is 9.90 Å². The van der Waals surface area contributed by atoms with E-state index in [4.69, 9.17) is 0 Å². The highest BCUT2D eigenvalue weighted by Crippen LogP contribution is 2.22. The fourth-order valence-corrected chi connectivity index (χ4v) is 2.51. The molecule has 0 aliphatic heterocycles. The molecule has 1 amide bonds. The van der Waals surface area contributed by atoms with Crippen LogP contribution in [0.2, 0.25) is 0 Å². The number of aromatic hydroxyl groups is 1. The molecule has 5 heteroatoms. The minimum Gasteiger partial charge on any atom is -0.508 e. The molecule has 0 aliphatic rings. The van der Waals surface area contributed by atoms with Crippen molar-refractivity contribution in [3.8, 4) is 16.9 Å². The van der Waals surface area contributed by atoms with Gasteiger partial charge in [0.05, 0.1) is 6.21 Å². The Balaban J connectivity index is 1.64. The van der Waals surface area contributed by atoms with Crippen molar-refractivity contribution in [3.63, 3.8) is 0 Å². The molecule has 3 aromatic carbocycles. The molecule has 0 bridgehead atoms. The molecule has 0 unspecified atom stereocenters. The van der Waals surface area contributed by atoms with Crippen LogP contribution in [-0.4, -0.2) is 17.2 Å². The maximum atomic E-state index is 12.1. The molecule has 0 heterocycles. The van der Waals surface area contributed by atoms with Crippen LogP contribution in [0.5, 0.6) is 5.75 Å². The standard InChI is InChI=1S/C20H15BrN2O2/c21-18-9-1-14(2-10-18)13-22-23-20(25)17-5-3-15(4-6-17)16-7-11-19(24)12-8-16/h1-13,24H,(H,23,25). The highest BCUT2D eigenvalue weighted by Gasteiger charge is 2.05. The molecular weight excluding hydrogens is 380 g/mol. The molecule has 0 saturated heterocycles. The molecule has 2 N–H and O–H groups in total. The summed E-state index contributed by atoms with van der Waals surface area (Å²) in [6, 6.07) is 21.7. The third kappa shape index (κ3) is 4.55. The molecule has 0 aliphatic carbocycles. The Bertz CT molecular complexity index is 886. The molecule has 4 nitrogen and oxygen atoms in total. The third-order valence-electron chi connectivity index (χ3n) is 3.60. The minimum absolute atomic E-state index is 0.225. The molecular formula is C20H15BrN2O2. The van der Waals surface area contributed by atoms with Gasteiger partial charge in [0.1, 0.15) is 5.75 Å². The average molecular weight is 395 g/mol. The van der Waals surface area contributed by atoms with Gasteiger partial charge in [-0.05, 0) is 53.1 Å². The quantitative estimate of drug-likeness (QED) is 0.502. The first kappa shape index (κ1) is 16.9. The summed E-state index contributed by atoms with van der Waals surface area (Å²) in [6.45, 7) is 0. The second-order valence-corrected chi connectivity index (χ2v) is 6.29. The first-order chi connectivity index (χ1) is 12.1. The molecule has 124 valence electrons. The number of hydrazone groups is 1. The van der Waals surface area contributed by atoms with Crippen molar-refractivity contribution >= 4 is 28.1 Å². The van der Waals surface area contributed by atoms with E-state index in [-0.39, 0.29) is 11.7 Å². The summed E-state index contributed by atoms with van der Waals surface area (Å²) in [7, 11) is 0. The summed E-state index contributed by atoms with van der Waals surface area (Å²) < 4.78 is 0.988. The van der Waals surface area contributed by atoms with Gasteiger partial charge in [-0.1, -0.05) is 52.3 Å². The van der Waals surface area contributed by atoms with Gasteiger partial charge >= 0.3 is 0 Å². The molecule has 0 spiro atoms. The van der Waals surface area contributed by atoms with Crippen LogP contribution >= 0.6 is 15.9 Å². The normalized spacial score (nSPS) is 10.8. The highest BCUT2D eigenvalue weighted by molar-refractivity contribution is 9.10. The van der Waals surface area contributed by atoms with Crippen molar-refractivity contribution < 1.29 is 9.90 Å². The van der Waals surface area contributed by atoms with Gasteiger partial charge in [0, 0.05) is 10.0 Å². The predicted molar refractivity (Wildman–Crippen MR) is 103 cm³/mol. The zero-order chi connectivity index (χ0) is 17.6. The minimum atomic E-state index is -0.273. The second kappa shape index (κ2) is 7.77. The zero-order valence-electron chi connectivity index (χ0n) is 13.2. The largest absolute Gasteiger partial charge is 0.508 e. The summed E-state index contributed by atoms with van der Waals surface area (Å²) >= 11 is 3.37. The summed E-state index contributed by atoms with van der Waals surface area (Å²) in [4.78, 5) is 12.1. The number of amides is 1. The van der Waals surface area contributed by atoms with Crippen LogP contribution in [-0.2, 0) is 0 Å². The Kier molecular flexibility index (Phi) is 5.26. The van der Waals surface area contributed by atoms with Gasteiger partial charge in [-0.25, -0.2) is 5.43 Å². The molecule has 0 radical (unpaired) electrons. The lowest BCUT2D eigenvalue weighted by Crippen LogP contribution is -2.17. The summed E-state index contributed by atoms with van der Waals surface area (Å²) in [5, 5.41) is 13.3. The smallest absolute Gasteiger partial charge is 0.271 e. The number of nitrogens with zero attached hydrogens (tertiary/aromatic N) is 1. The second-order valence-electron chi connectivity index (χ2n) is 5.37. The monoisotopic (exact) mass is 394 g/mol. The van der Waals surface area contributed by atoms with E-state index in [0.717, 1.165) is 21.2 Å². The number of carbonyl (C=O) groups is 1. The average Bonchev–Trinajstić information content (AvgIpc) is 2.64. The lowest BCUT2D eigenvalue weighted by atomic mass is 10.0. The van der Waals surface area contributed by atoms with Crippen molar-refractivity contribution in [2.24, 2.45) is 5.10 Å². The Morgan fingerprint density at radius 1 is 0.880 bits per heavy atom. The number of rotatable bonds is 4. The molecule has 0 atom stereocenters. The van der Waals surface area contributed by atoms with E-state index in [1.54, 1.807) is 30.5 Å². The summed E-state index contributed by atoms with van der Waals surface area (Å²) in [6.07, 6.45) is 1.59. The van der Waals surface area contributed by atoms with Crippen molar-refractivity contribution in [3.05, 3.63) is 88.4 Å². The van der Waals surface area contributed by atoms with Crippen LogP contribution in [0.15, 0.2) is 82.4 Å². The van der Waals surface area contributed by atoms with Crippen molar-refractivity contribution in [2.75, 3.05) is 0 Å². The lowest BCUT2D eigenvalue weighted by Gasteiger charge is -2.04. The predicted octanol–water partition coefficient (Wildman–Crippen LogP) is 4.59. The van der Waals surface area contributed by atoms with Gasteiger partial charge in [0.2, 0.25) is 0 Å². The van der Waals surface area contributed by atoms with Crippen molar-refractivity contribution in [1.82, 2.24) is 5.43 Å². The van der Waals surface area contributed by atoms with E-state index in [0.29, 0.717) is 5.56 Å². The van der Waals surface area contributed by atoms with Gasteiger partial charge in [0.25, 0.3) is 5.91 Å². The van der Waals surface area contributed by atoms with E-state index in [2.05, 4.69) is 26.5 Å². The summed E-state index contributed by atoms with van der Waals surface area (Å²) in [5.74, 6) is -0.0472. The van der Waals surface area contributed by atoms with Crippen LogP contribution in [0.1, 0.15) is 15.9 Å². The number of benzene rings is 3. The van der Waals surface area contributed by atoms with Crippen LogP contribution < -0.4 is 5.43 Å². The SMILES string of the molecule is O=C(NN=Cc1ccc(Br)cc1)c1ccc(-c2ccc(O)cc2)cc1. The van der Waals surface area contributed by atoms with Crippen LogP contribution in [0.3, 0.4) is 0 Å². The number of nitrogens with one attached hydrogen (secondary N) is 1. The van der Waals surface area contributed by atoms with Crippen LogP contribution in [0.25, 0.3) is 11.1 Å². The number of halogens is 1. The first-order valence-electron chi connectivity index (χ1n) is 7.60. The molecule has 0 saturated carbocycles. The zero-order valence-corrected chi connectivity index (χ0v) is 14.8. The number of carbonyl (C=O) groups excluding carboxylic acids is 1. The van der Waals surface area contributed by atoms with E-state index >= 15 is 0 Å². The first-order valence-corrected chi connectivity index (χ1v) is 8.39. The lowest BCUT2D eigenvalue weighted by molar-refractivity contribution is 0.0955. The van der Waals surface area contributed by atoms with Gasteiger partial charge in [-0.15, -0.1) is 0 Å². The molecule has 0 fully saturated rings. The fraction of sp³-hybridized carbons (Fsp3) is 0. The van der Waals surface area contributed by atoms with E-state index in [1.807, 2.05) is 48.5 Å². The van der Waals surface area contributed by atoms with Gasteiger partial charge in [-0.2, -0.15) is 5.10 Å². The Morgan fingerprint density at radius 3 is 2.04 bits per heavy atom. The Morgan fingerprint density at radius 2 is 1.44 bits per heavy atom. The molecule has 3 rings (SSSR count). The van der Waals surface area contributed by atoms with Crippen LogP contribution in [0, 0.1) is 0 Å². The highest BCUT2D eigenvalue weighted by atomic mass is 79.9. The van der Waals surface area contributed by atoms with Gasteiger partial charge in [0.15, 0.2) is 0 Å². The van der Waals surface area contributed by atoms with E-state index in [1.165, 1.54) is 0 Å². The summed E-state index contributed by atoms with van der Waals surface area (Å²) in [5.41, 5.74) is 5.87. The Labute approximate surface area is 154 Å². The fourth-order valence-electron chi connectivity index (χ4n) is 2.25. The molecule has 3 aromatic rings. The van der Waals surface area contributed by atoms with Crippen molar-refractivity contribution in [1.29, 1.82) is 0 Å². The van der Waals surface area contributed by atoms with Crippen LogP contribution in [0.4, 0.5) is 0 Å². The maximum Gasteiger partial charge on any atom is 0.271 e. The maximum absolute atomic E-state index is 12.1.